The zero-order valence-corrected chi connectivity index (χ0v) is 11.7. The van der Waals surface area contributed by atoms with Gasteiger partial charge < -0.3 is 15.6 Å². The molecule has 1 aliphatic heterocycles. The first-order valence-corrected chi connectivity index (χ1v) is 7.12. The molecule has 1 aromatic heterocycles. The van der Waals surface area contributed by atoms with Crippen LogP contribution in [0.1, 0.15) is 29.0 Å². The Balaban J connectivity index is 1.85. The van der Waals surface area contributed by atoms with Gasteiger partial charge in [0.1, 0.15) is 17.1 Å². The Kier molecular flexibility index (Phi) is 2.47. The summed E-state index contributed by atoms with van der Waals surface area (Å²) >= 11 is 0. The van der Waals surface area contributed by atoms with Gasteiger partial charge in [-0.15, -0.1) is 0 Å². The Labute approximate surface area is 121 Å². The summed E-state index contributed by atoms with van der Waals surface area (Å²) in [5, 5.41) is 6.05. The molecule has 0 radical (unpaired) electrons. The molecule has 2 aliphatic rings. The van der Waals surface area contributed by atoms with Crippen LogP contribution in [0.4, 0.5) is 0 Å². The highest BCUT2D eigenvalue weighted by molar-refractivity contribution is 6.04. The molecule has 2 fully saturated rings. The van der Waals surface area contributed by atoms with Crippen LogP contribution in [0.3, 0.4) is 0 Å². The molecule has 2 heterocycles. The molecule has 1 saturated heterocycles. The van der Waals surface area contributed by atoms with Crippen molar-refractivity contribution in [2.24, 2.45) is 5.92 Å². The molecule has 2 bridgehead atoms. The predicted octanol–water partition coefficient (Wildman–Crippen LogP) is 0.700. The van der Waals surface area contributed by atoms with E-state index in [0.717, 1.165) is 24.3 Å². The summed E-state index contributed by atoms with van der Waals surface area (Å²) in [7, 11) is 1.60. The molecule has 3 N–H and O–H groups in total. The average molecular weight is 284 g/mol. The zero-order valence-electron chi connectivity index (χ0n) is 11.7. The van der Waals surface area contributed by atoms with E-state index < -0.39 is 0 Å². The Bertz CT molecular complexity index is 766. The van der Waals surface area contributed by atoms with Crippen LogP contribution >= 0.6 is 0 Å². The van der Waals surface area contributed by atoms with E-state index >= 15 is 0 Å². The Morgan fingerprint density at radius 1 is 1.48 bits per heavy atom. The van der Waals surface area contributed by atoms with Crippen molar-refractivity contribution >= 4 is 22.7 Å². The minimum Gasteiger partial charge on any atom is -0.355 e. The highest BCUT2D eigenvalue weighted by Gasteiger charge is 2.52. The lowest BCUT2D eigenvalue weighted by atomic mass is 9.98. The lowest BCUT2D eigenvalue weighted by Gasteiger charge is -2.24. The molecule has 6 nitrogen and oxygen atoms in total. The van der Waals surface area contributed by atoms with Gasteiger partial charge in [-0.25, -0.2) is 4.98 Å². The number of ketones is 1. The number of rotatable bonds is 2. The van der Waals surface area contributed by atoms with Gasteiger partial charge in [0.15, 0.2) is 0 Å². The monoisotopic (exact) mass is 284 g/mol. The third-order valence-corrected chi connectivity index (χ3v) is 4.65. The van der Waals surface area contributed by atoms with Crippen molar-refractivity contribution in [2.75, 3.05) is 13.6 Å². The number of H-pyrrole nitrogens is 1. The average Bonchev–Trinajstić information content (AvgIpc) is 3.17. The molecule has 4 rings (SSSR count). The number of hydrogen-bond donors (Lipinski definition) is 3. The Morgan fingerprint density at radius 3 is 3.00 bits per heavy atom. The predicted molar refractivity (Wildman–Crippen MR) is 76.9 cm³/mol. The van der Waals surface area contributed by atoms with Crippen LogP contribution in [0.5, 0.6) is 0 Å². The van der Waals surface area contributed by atoms with Crippen molar-refractivity contribution in [1.82, 2.24) is 20.6 Å². The zero-order chi connectivity index (χ0) is 14.6. The van der Waals surface area contributed by atoms with Crippen LogP contribution in [0.2, 0.25) is 0 Å². The summed E-state index contributed by atoms with van der Waals surface area (Å²) < 4.78 is 0. The first kappa shape index (κ1) is 12.5. The van der Waals surface area contributed by atoms with Crippen molar-refractivity contribution in [3.63, 3.8) is 0 Å². The van der Waals surface area contributed by atoms with Gasteiger partial charge >= 0.3 is 0 Å². The normalized spacial score (nSPS) is 27.5. The van der Waals surface area contributed by atoms with Gasteiger partial charge in [-0.1, -0.05) is 6.07 Å². The summed E-state index contributed by atoms with van der Waals surface area (Å²) in [4.78, 5) is 31.8. The molecule has 1 aliphatic carbocycles. The number of aromatic amines is 1. The van der Waals surface area contributed by atoms with Crippen LogP contribution < -0.4 is 10.6 Å². The minimum atomic E-state index is -0.374. The summed E-state index contributed by atoms with van der Waals surface area (Å²) in [6.07, 6.45) is 1.27. The molecule has 2 atom stereocenters. The van der Waals surface area contributed by atoms with Gasteiger partial charge in [0.2, 0.25) is 0 Å². The molecule has 2 unspecified atom stereocenters. The molecule has 0 spiro atoms. The maximum absolute atomic E-state index is 11.9. The second-order valence-corrected chi connectivity index (χ2v) is 5.87. The number of carbonyl (C=O) groups excluding carboxylic acids is 2. The van der Waals surface area contributed by atoms with Crippen molar-refractivity contribution in [3.8, 4) is 0 Å². The quantitative estimate of drug-likeness (QED) is 0.757. The van der Waals surface area contributed by atoms with Crippen LogP contribution in [-0.2, 0) is 10.3 Å². The van der Waals surface area contributed by atoms with Crippen LogP contribution in [0, 0.1) is 5.92 Å². The van der Waals surface area contributed by atoms with Gasteiger partial charge in [-0.2, -0.15) is 0 Å². The van der Waals surface area contributed by atoms with Crippen molar-refractivity contribution in [2.45, 2.75) is 18.4 Å². The third-order valence-electron chi connectivity index (χ3n) is 4.65. The van der Waals surface area contributed by atoms with E-state index in [1.54, 1.807) is 13.1 Å². The fraction of sp³-hybridized carbons (Fsp3) is 0.400. The van der Waals surface area contributed by atoms with Crippen molar-refractivity contribution in [3.05, 3.63) is 29.6 Å². The van der Waals surface area contributed by atoms with Crippen molar-refractivity contribution < 1.29 is 9.59 Å². The van der Waals surface area contributed by atoms with Crippen LogP contribution in [-0.4, -0.2) is 35.3 Å². The fourth-order valence-corrected chi connectivity index (χ4v) is 3.53. The van der Waals surface area contributed by atoms with Gasteiger partial charge in [0.25, 0.3) is 5.91 Å². The molecule has 108 valence electrons. The SMILES string of the molecule is CNC(=O)c1cccc2[nH]c(C34CC(=O)C(CN3)C4)nc12. The van der Waals surface area contributed by atoms with Crippen LogP contribution in [0.15, 0.2) is 18.2 Å². The second-order valence-electron chi connectivity index (χ2n) is 5.87. The molecular weight excluding hydrogens is 268 g/mol. The highest BCUT2D eigenvalue weighted by Crippen LogP contribution is 2.44. The number of amides is 1. The van der Waals surface area contributed by atoms with E-state index in [-0.39, 0.29) is 17.4 Å². The number of aromatic nitrogens is 2. The van der Waals surface area contributed by atoms with Gasteiger partial charge in [0, 0.05) is 25.9 Å². The van der Waals surface area contributed by atoms with E-state index in [9.17, 15) is 9.59 Å². The van der Waals surface area contributed by atoms with Gasteiger partial charge in [-0.3, -0.25) is 9.59 Å². The molecule has 1 saturated carbocycles. The minimum absolute atomic E-state index is 0.108. The summed E-state index contributed by atoms with van der Waals surface area (Å²) in [5.41, 5.74) is 1.66. The maximum Gasteiger partial charge on any atom is 0.253 e. The van der Waals surface area contributed by atoms with E-state index in [2.05, 4.69) is 20.6 Å². The standard InChI is InChI=1S/C15H16N4O2/c1-16-13(21)9-3-2-4-10-12(9)19-14(18-10)15-5-8(7-17-15)11(20)6-15/h2-4,8,17H,5-7H2,1H3,(H,16,21)(H,18,19). The first-order chi connectivity index (χ1) is 10.1. The van der Waals surface area contributed by atoms with E-state index in [1.807, 2.05) is 12.1 Å². The number of benzene rings is 1. The number of imidazole rings is 1. The number of para-hydroxylation sites is 1. The molecule has 6 heteroatoms. The topological polar surface area (TPSA) is 86.9 Å². The van der Waals surface area contributed by atoms with E-state index in [1.165, 1.54) is 0 Å². The van der Waals surface area contributed by atoms with Gasteiger partial charge in [-0.05, 0) is 18.6 Å². The van der Waals surface area contributed by atoms with Crippen LogP contribution in [0.25, 0.3) is 11.0 Å². The molecule has 2 aromatic rings. The number of Topliss-reactive ketones (excluding diaryl/α,β-unsaturated/α-hetero) is 1. The number of piperidine rings is 1. The molecule has 1 amide bonds. The number of carbonyl (C=O) groups is 2. The highest BCUT2D eigenvalue weighted by atomic mass is 16.1. The second kappa shape index (κ2) is 4.14. The Hall–Kier alpha value is -2.21. The number of hydrogen-bond acceptors (Lipinski definition) is 4. The third kappa shape index (κ3) is 1.65. The largest absolute Gasteiger partial charge is 0.355 e. The molecular formula is C15H16N4O2. The number of nitrogens with one attached hydrogen (secondary N) is 3. The van der Waals surface area contributed by atoms with Gasteiger partial charge in [0.05, 0.1) is 16.6 Å². The maximum atomic E-state index is 11.9. The van der Waals surface area contributed by atoms with Crippen molar-refractivity contribution in [1.29, 1.82) is 0 Å². The Morgan fingerprint density at radius 2 is 2.33 bits per heavy atom. The first-order valence-electron chi connectivity index (χ1n) is 7.12. The van der Waals surface area contributed by atoms with E-state index in [0.29, 0.717) is 23.3 Å². The summed E-state index contributed by atoms with van der Waals surface area (Å²) in [5.74, 6) is 1.02. The number of nitrogens with zero attached hydrogens (tertiary/aromatic N) is 1. The fourth-order valence-electron chi connectivity index (χ4n) is 3.53. The lowest BCUT2D eigenvalue weighted by molar-refractivity contribution is -0.121. The molecule has 21 heavy (non-hydrogen) atoms. The molecule has 1 aromatic carbocycles. The lowest BCUT2D eigenvalue weighted by Crippen LogP contribution is -2.41. The summed E-state index contributed by atoms with van der Waals surface area (Å²) in [6, 6.07) is 5.49. The smallest absolute Gasteiger partial charge is 0.253 e. The number of fused-ring (bicyclic) bond motifs is 3. The summed E-state index contributed by atoms with van der Waals surface area (Å²) in [6.45, 7) is 0.720. The van der Waals surface area contributed by atoms with E-state index in [4.69, 9.17) is 0 Å².